The summed E-state index contributed by atoms with van der Waals surface area (Å²) < 4.78 is 6.02. The van der Waals surface area contributed by atoms with E-state index in [1.807, 2.05) is 0 Å². The van der Waals surface area contributed by atoms with E-state index in [1.54, 1.807) is 0 Å². The molecule has 3 heterocycles. The molecule has 0 spiro atoms. The summed E-state index contributed by atoms with van der Waals surface area (Å²) in [7, 11) is 0. The number of ether oxygens (including phenoxy) is 1. The van der Waals surface area contributed by atoms with Crippen LogP contribution in [0.25, 0.3) is 0 Å². The van der Waals surface area contributed by atoms with E-state index in [9.17, 15) is 0 Å². The maximum absolute atomic E-state index is 5.66. The summed E-state index contributed by atoms with van der Waals surface area (Å²) in [6.07, 6.45) is 7.54. The quantitative estimate of drug-likeness (QED) is 0.557. The Balaban J connectivity index is 1.63. The molecule has 0 amide bonds. The number of hydrogen-bond donors (Lipinski definition) is 2. The molecule has 0 aromatic rings. The lowest BCUT2D eigenvalue weighted by Gasteiger charge is -2.43. The molecule has 3 rings (SSSR count). The Kier molecular flexibility index (Phi) is 6.92. The van der Waals surface area contributed by atoms with E-state index < -0.39 is 0 Å². The Hall–Kier alpha value is -0.460. The maximum Gasteiger partial charge on any atom is 0.191 e. The third-order valence-electron chi connectivity index (χ3n) is 6.01. The standard InChI is InChI=1S/C19H36N4OS/c1-3-20-17(21-15-18(2)7-6-14-25-18)22-16-19(8-12-24-13-9-19)23-10-4-5-11-23/h3-16H2,1-2H3,(H2,20,21,22). The zero-order valence-electron chi connectivity index (χ0n) is 16.1. The lowest BCUT2D eigenvalue weighted by atomic mass is 9.88. The minimum Gasteiger partial charge on any atom is -0.381 e. The molecule has 0 radical (unpaired) electrons. The molecule has 0 aromatic carbocycles. The van der Waals surface area contributed by atoms with Crippen LogP contribution >= 0.6 is 11.8 Å². The molecule has 3 saturated heterocycles. The summed E-state index contributed by atoms with van der Waals surface area (Å²) in [5, 5.41) is 7.07. The van der Waals surface area contributed by atoms with Crippen molar-refractivity contribution in [1.29, 1.82) is 0 Å². The predicted molar refractivity (Wildman–Crippen MR) is 108 cm³/mol. The molecule has 2 N–H and O–H groups in total. The fourth-order valence-corrected chi connectivity index (χ4v) is 5.58. The summed E-state index contributed by atoms with van der Waals surface area (Å²) in [6.45, 7) is 11.5. The molecule has 0 bridgehead atoms. The first-order chi connectivity index (χ1) is 12.2. The van der Waals surface area contributed by atoms with E-state index in [4.69, 9.17) is 9.73 Å². The van der Waals surface area contributed by atoms with Gasteiger partial charge in [0, 0.05) is 36.6 Å². The minimum atomic E-state index is 0.211. The lowest BCUT2D eigenvalue weighted by Crippen LogP contribution is -2.54. The van der Waals surface area contributed by atoms with Crippen LogP contribution in [0.1, 0.15) is 52.4 Å². The average Bonchev–Trinajstić information content (AvgIpc) is 3.31. The van der Waals surface area contributed by atoms with Crippen LogP contribution in [0.5, 0.6) is 0 Å². The molecular formula is C19H36N4OS. The van der Waals surface area contributed by atoms with Gasteiger partial charge < -0.3 is 15.4 Å². The van der Waals surface area contributed by atoms with Gasteiger partial charge in [0.05, 0.1) is 6.54 Å². The van der Waals surface area contributed by atoms with E-state index in [1.165, 1.54) is 44.5 Å². The number of likely N-dealkylation sites (tertiary alicyclic amines) is 1. The van der Waals surface area contributed by atoms with Crippen molar-refractivity contribution in [2.24, 2.45) is 4.99 Å². The van der Waals surface area contributed by atoms with Gasteiger partial charge >= 0.3 is 0 Å². The number of nitrogens with zero attached hydrogens (tertiary/aromatic N) is 2. The Morgan fingerprint density at radius 3 is 2.52 bits per heavy atom. The Morgan fingerprint density at radius 1 is 1.12 bits per heavy atom. The van der Waals surface area contributed by atoms with Gasteiger partial charge in [-0.05, 0) is 71.2 Å². The third kappa shape index (κ3) is 5.04. The van der Waals surface area contributed by atoms with Crippen LogP contribution in [0.15, 0.2) is 4.99 Å². The van der Waals surface area contributed by atoms with Crippen molar-refractivity contribution in [2.75, 3.05) is 51.7 Å². The van der Waals surface area contributed by atoms with Crippen LogP contribution in [0, 0.1) is 0 Å². The molecule has 3 aliphatic rings. The number of guanidine groups is 1. The number of hydrogen-bond acceptors (Lipinski definition) is 4. The monoisotopic (exact) mass is 368 g/mol. The zero-order chi connectivity index (χ0) is 17.6. The van der Waals surface area contributed by atoms with Crippen LogP contribution in [0.4, 0.5) is 0 Å². The van der Waals surface area contributed by atoms with E-state index in [0.717, 1.165) is 51.6 Å². The van der Waals surface area contributed by atoms with Crippen molar-refractivity contribution in [1.82, 2.24) is 15.5 Å². The first kappa shape index (κ1) is 19.3. The highest BCUT2D eigenvalue weighted by molar-refractivity contribution is 8.00. The summed E-state index contributed by atoms with van der Waals surface area (Å²) in [5.41, 5.74) is 0.211. The van der Waals surface area contributed by atoms with Gasteiger partial charge in [-0.15, -0.1) is 0 Å². The van der Waals surface area contributed by atoms with Crippen LogP contribution in [-0.4, -0.2) is 72.8 Å². The summed E-state index contributed by atoms with van der Waals surface area (Å²) in [4.78, 5) is 7.73. The van der Waals surface area contributed by atoms with Gasteiger partial charge in [-0.25, -0.2) is 0 Å². The second-order valence-corrected chi connectivity index (χ2v) is 9.66. The Labute approximate surface area is 157 Å². The van der Waals surface area contributed by atoms with Gasteiger partial charge in [0.15, 0.2) is 5.96 Å². The summed E-state index contributed by atoms with van der Waals surface area (Å²) in [5.74, 6) is 2.28. The fourth-order valence-electron chi connectivity index (χ4n) is 4.33. The largest absolute Gasteiger partial charge is 0.381 e. The van der Waals surface area contributed by atoms with E-state index in [-0.39, 0.29) is 5.54 Å². The number of rotatable bonds is 6. The molecule has 1 unspecified atom stereocenters. The highest BCUT2D eigenvalue weighted by Gasteiger charge is 2.39. The highest BCUT2D eigenvalue weighted by Crippen LogP contribution is 2.37. The van der Waals surface area contributed by atoms with Crippen molar-refractivity contribution >= 4 is 17.7 Å². The van der Waals surface area contributed by atoms with Crippen LogP contribution in [0.3, 0.4) is 0 Å². The molecule has 25 heavy (non-hydrogen) atoms. The minimum absolute atomic E-state index is 0.211. The van der Waals surface area contributed by atoms with Crippen LogP contribution in [0.2, 0.25) is 0 Å². The number of nitrogens with one attached hydrogen (secondary N) is 2. The molecule has 3 fully saturated rings. The molecule has 0 saturated carbocycles. The topological polar surface area (TPSA) is 48.9 Å². The average molecular weight is 369 g/mol. The molecule has 1 atom stereocenters. The molecule has 3 aliphatic heterocycles. The van der Waals surface area contributed by atoms with Gasteiger partial charge in [-0.1, -0.05) is 0 Å². The van der Waals surface area contributed by atoms with Crippen molar-refractivity contribution in [3.63, 3.8) is 0 Å². The van der Waals surface area contributed by atoms with Gasteiger partial charge in [-0.3, -0.25) is 9.89 Å². The maximum atomic E-state index is 5.66. The molecule has 0 aromatic heterocycles. The van der Waals surface area contributed by atoms with E-state index in [2.05, 4.69) is 41.1 Å². The van der Waals surface area contributed by atoms with Crippen LogP contribution < -0.4 is 10.6 Å². The SMILES string of the molecule is CCNC(=NCC1(N2CCCC2)CCOCC1)NCC1(C)CCCS1. The van der Waals surface area contributed by atoms with Crippen LogP contribution in [-0.2, 0) is 4.74 Å². The fraction of sp³-hybridized carbons (Fsp3) is 0.947. The number of thioether (sulfide) groups is 1. The normalized spacial score (nSPS) is 30.6. The molecular weight excluding hydrogens is 332 g/mol. The van der Waals surface area contributed by atoms with Gasteiger partial charge in [0.25, 0.3) is 0 Å². The third-order valence-corrected chi connectivity index (χ3v) is 7.54. The highest BCUT2D eigenvalue weighted by atomic mass is 32.2. The predicted octanol–water partition coefficient (Wildman–Crippen LogP) is 2.47. The lowest BCUT2D eigenvalue weighted by molar-refractivity contribution is -0.0139. The summed E-state index contributed by atoms with van der Waals surface area (Å²) in [6, 6.07) is 0. The van der Waals surface area contributed by atoms with Crippen molar-refractivity contribution in [2.45, 2.75) is 62.7 Å². The first-order valence-corrected chi connectivity index (χ1v) is 11.1. The summed E-state index contributed by atoms with van der Waals surface area (Å²) >= 11 is 2.10. The second-order valence-electron chi connectivity index (χ2n) is 7.98. The van der Waals surface area contributed by atoms with Gasteiger partial charge in [0.1, 0.15) is 0 Å². The number of aliphatic imine (C=N–C) groups is 1. The molecule has 0 aliphatic carbocycles. The molecule has 6 heteroatoms. The molecule has 144 valence electrons. The Bertz CT molecular complexity index is 439. The zero-order valence-corrected chi connectivity index (χ0v) is 16.9. The molecule has 5 nitrogen and oxygen atoms in total. The van der Waals surface area contributed by atoms with Gasteiger partial charge in [0.2, 0.25) is 0 Å². The van der Waals surface area contributed by atoms with Crippen molar-refractivity contribution in [3.05, 3.63) is 0 Å². The van der Waals surface area contributed by atoms with Crippen molar-refractivity contribution < 1.29 is 4.74 Å². The van der Waals surface area contributed by atoms with Gasteiger partial charge in [-0.2, -0.15) is 11.8 Å². The van der Waals surface area contributed by atoms with Crippen molar-refractivity contribution in [3.8, 4) is 0 Å². The first-order valence-electron chi connectivity index (χ1n) is 10.1. The second kappa shape index (κ2) is 8.96. The van der Waals surface area contributed by atoms with E-state index >= 15 is 0 Å². The van der Waals surface area contributed by atoms with E-state index in [0.29, 0.717) is 4.75 Å². The Morgan fingerprint density at radius 2 is 1.88 bits per heavy atom. The smallest absolute Gasteiger partial charge is 0.191 e.